The van der Waals surface area contributed by atoms with Gasteiger partial charge in [0.1, 0.15) is 10.0 Å². The van der Waals surface area contributed by atoms with Crippen LogP contribution in [0.25, 0.3) is 23.0 Å². The van der Waals surface area contributed by atoms with Crippen LogP contribution >= 0.6 is 24.0 Å². The molecule has 0 aliphatic carbocycles. The molecule has 8 nitrogen and oxygen atoms in total. The number of sulfonamides is 1. The van der Waals surface area contributed by atoms with Gasteiger partial charge in [-0.2, -0.15) is 9.40 Å². The highest BCUT2D eigenvalue weighted by molar-refractivity contribution is 8.26. The summed E-state index contributed by atoms with van der Waals surface area (Å²) in [6, 6.07) is 16.6. The molecule has 0 atom stereocenters. The molecule has 2 aliphatic heterocycles. The highest BCUT2D eigenvalue weighted by atomic mass is 32.2. The lowest BCUT2D eigenvalue weighted by molar-refractivity contribution is -0.122. The van der Waals surface area contributed by atoms with Crippen molar-refractivity contribution in [2.45, 2.75) is 30.6 Å². The summed E-state index contributed by atoms with van der Waals surface area (Å²) >= 11 is 6.68. The molecule has 0 radical (unpaired) electrons. The van der Waals surface area contributed by atoms with Crippen molar-refractivity contribution in [1.29, 1.82) is 0 Å². The second kappa shape index (κ2) is 12.1. The largest absolute Gasteiger partial charge is 0.383 e. The molecule has 204 valence electrons. The van der Waals surface area contributed by atoms with Crippen molar-refractivity contribution in [3.63, 3.8) is 0 Å². The average Bonchev–Trinajstić information content (AvgIpc) is 3.33. The Morgan fingerprint density at radius 1 is 1.05 bits per heavy atom. The van der Waals surface area contributed by atoms with Gasteiger partial charge in [0.05, 0.1) is 28.6 Å². The van der Waals surface area contributed by atoms with E-state index < -0.39 is 10.0 Å². The molecule has 0 saturated carbocycles. The molecule has 3 aromatic rings. The molecule has 39 heavy (non-hydrogen) atoms. The highest BCUT2D eigenvalue weighted by Gasteiger charge is 2.32. The van der Waals surface area contributed by atoms with Crippen LogP contribution in [0.1, 0.15) is 31.2 Å². The molecule has 2 aliphatic rings. The Hall–Kier alpha value is -2.83. The van der Waals surface area contributed by atoms with Crippen molar-refractivity contribution < 1.29 is 17.9 Å². The molecule has 0 bridgehead atoms. The second-order valence-electron chi connectivity index (χ2n) is 9.39. The minimum absolute atomic E-state index is 0.182. The summed E-state index contributed by atoms with van der Waals surface area (Å²) in [6.45, 7) is 1.83. The summed E-state index contributed by atoms with van der Waals surface area (Å²) < 4.78 is 36.0. The fourth-order valence-corrected chi connectivity index (χ4v) is 7.54. The first kappa shape index (κ1) is 27.7. The van der Waals surface area contributed by atoms with E-state index in [0.717, 1.165) is 31.4 Å². The van der Waals surface area contributed by atoms with Crippen LogP contribution in [0.15, 0.2) is 70.6 Å². The Balaban J connectivity index is 1.56. The van der Waals surface area contributed by atoms with Gasteiger partial charge in [-0.25, -0.2) is 13.1 Å². The minimum atomic E-state index is -3.64. The van der Waals surface area contributed by atoms with Gasteiger partial charge in [-0.15, -0.1) is 0 Å². The van der Waals surface area contributed by atoms with Crippen LogP contribution in [0, 0.1) is 0 Å². The van der Waals surface area contributed by atoms with Crippen molar-refractivity contribution in [2.24, 2.45) is 0 Å². The van der Waals surface area contributed by atoms with Crippen LogP contribution < -0.4 is 0 Å². The van der Waals surface area contributed by atoms with Gasteiger partial charge in [0.25, 0.3) is 5.91 Å². The molecule has 1 aromatic heterocycles. The first-order valence-electron chi connectivity index (χ1n) is 12.9. The van der Waals surface area contributed by atoms with Crippen LogP contribution in [0.5, 0.6) is 0 Å². The molecule has 3 heterocycles. The van der Waals surface area contributed by atoms with Crippen LogP contribution in [0.4, 0.5) is 0 Å². The number of hydrogen-bond acceptors (Lipinski definition) is 7. The number of rotatable bonds is 8. The van der Waals surface area contributed by atoms with E-state index in [0.29, 0.717) is 52.3 Å². The van der Waals surface area contributed by atoms with E-state index in [-0.39, 0.29) is 10.8 Å². The predicted octanol–water partition coefficient (Wildman–Crippen LogP) is 4.95. The van der Waals surface area contributed by atoms with Crippen molar-refractivity contribution in [3.05, 3.63) is 71.3 Å². The summed E-state index contributed by atoms with van der Waals surface area (Å²) in [4.78, 5) is 15.4. The maximum Gasteiger partial charge on any atom is 0.266 e. The number of hydrogen-bond donors (Lipinski definition) is 0. The summed E-state index contributed by atoms with van der Waals surface area (Å²) in [5, 5.41) is 4.83. The molecule has 2 fully saturated rings. The lowest BCUT2D eigenvalue weighted by atomic mass is 10.1. The molecule has 5 rings (SSSR count). The monoisotopic (exact) mass is 582 g/mol. The predicted molar refractivity (Wildman–Crippen MR) is 158 cm³/mol. The van der Waals surface area contributed by atoms with Crippen LogP contribution in [0.2, 0.25) is 0 Å². The molecule has 2 saturated heterocycles. The molecule has 0 N–H and O–H groups in total. The second-order valence-corrected chi connectivity index (χ2v) is 13.0. The number of methoxy groups -OCH3 is 1. The van der Waals surface area contributed by atoms with E-state index >= 15 is 0 Å². The Morgan fingerprint density at radius 2 is 1.79 bits per heavy atom. The summed E-state index contributed by atoms with van der Waals surface area (Å²) in [6.07, 6.45) is 7.46. The third-order valence-electron chi connectivity index (χ3n) is 6.75. The first-order chi connectivity index (χ1) is 18.9. The first-order valence-corrected chi connectivity index (χ1v) is 15.5. The molecule has 0 unspecified atom stereocenters. The lowest BCUT2D eigenvalue weighted by Gasteiger charge is -2.20. The van der Waals surface area contributed by atoms with Crippen molar-refractivity contribution in [3.8, 4) is 16.9 Å². The number of aromatic nitrogens is 2. The number of amides is 1. The van der Waals surface area contributed by atoms with Gasteiger partial charge in [0.15, 0.2) is 0 Å². The number of carbonyl (C=O) groups is 1. The van der Waals surface area contributed by atoms with E-state index in [9.17, 15) is 13.2 Å². The van der Waals surface area contributed by atoms with Gasteiger partial charge >= 0.3 is 0 Å². The maximum absolute atomic E-state index is 13.5. The Bertz CT molecular complexity index is 1490. The standard InChI is InChI=1S/C28H30N4O4S3/c1-36-17-16-31-27(33)25(38-28(31)37)19-22-20-32(23-11-5-4-6-12-23)29-26(22)21-10-9-13-24(18-21)39(34,35)30-14-7-2-3-8-15-30/h4-6,9-13,18-20H,2-3,7-8,14-17H2,1H3. The normalized spacial score (nSPS) is 18.2. The van der Waals surface area contributed by atoms with E-state index in [2.05, 4.69) is 0 Å². The fourth-order valence-electron chi connectivity index (χ4n) is 4.68. The number of carbonyl (C=O) groups excluding carboxylic acids is 1. The number of ether oxygens (including phenoxy) is 1. The van der Waals surface area contributed by atoms with Gasteiger partial charge in [0.2, 0.25) is 10.0 Å². The number of thioether (sulfide) groups is 1. The van der Waals surface area contributed by atoms with Gasteiger partial charge in [-0.05, 0) is 43.2 Å². The topological polar surface area (TPSA) is 84.7 Å². The van der Waals surface area contributed by atoms with Gasteiger partial charge in [0, 0.05) is 37.5 Å². The fraction of sp³-hybridized carbons (Fsp3) is 0.321. The zero-order chi connectivity index (χ0) is 27.4. The van der Waals surface area contributed by atoms with Crippen LogP contribution in [-0.2, 0) is 19.6 Å². The summed E-state index contributed by atoms with van der Waals surface area (Å²) in [7, 11) is -2.06. The number of benzene rings is 2. The van der Waals surface area contributed by atoms with Crippen molar-refractivity contribution >= 4 is 50.3 Å². The SMILES string of the molecule is COCCN1C(=O)C(=Cc2cn(-c3ccccc3)nc2-c2cccc(S(=O)(=O)N3CCCCCC3)c2)SC1=S. The average molecular weight is 583 g/mol. The van der Waals surface area contributed by atoms with Gasteiger partial charge in [-0.3, -0.25) is 9.69 Å². The third-order valence-corrected chi connectivity index (χ3v) is 10.0. The molecular formula is C28H30N4O4S3. The van der Waals surface area contributed by atoms with Crippen LogP contribution in [0.3, 0.4) is 0 Å². The summed E-state index contributed by atoms with van der Waals surface area (Å²) in [5.41, 5.74) is 2.77. The minimum Gasteiger partial charge on any atom is -0.383 e. The summed E-state index contributed by atoms with van der Waals surface area (Å²) in [5.74, 6) is -0.182. The van der Waals surface area contributed by atoms with Crippen LogP contribution in [-0.4, -0.2) is 71.0 Å². The zero-order valence-electron chi connectivity index (χ0n) is 21.7. The number of thiocarbonyl (C=S) groups is 1. The van der Waals surface area contributed by atoms with Gasteiger partial charge < -0.3 is 4.74 Å². The Morgan fingerprint density at radius 3 is 2.51 bits per heavy atom. The van der Waals surface area contributed by atoms with E-state index in [4.69, 9.17) is 22.1 Å². The third kappa shape index (κ3) is 6.02. The molecule has 0 spiro atoms. The van der Waals surface area contributed by atoms with E-state index in [1.807, 2.05) is 42.6 Å². The zero-order valence-corrected chi connectivity index (χ0v) is 24.1. The quantitative estimate of drug-likeness (QED) is 0.274. The Kier molecular flexibility index (Phi) is 8.63. The lowest BCUT2D eigenvalue weighted by Crippen LogP contribution is -2.31. The number of nitrogens with zero attached hydrogens (tertiary/aromatic N) is 4. The molecule has 2 aromatic carbocycles. The molecule has 1 amide bonds. The van der Waals surface area contributed by atoms with E-state index in [1.54, 1.807) is 40.4 Å². The molecular weight excluding hydrogens is 553 g/mol. The maximum atomic E-state index is 13.5. The molecule has 11 heteroatoms. The van der Waals surface area contributed by atoms with E-state index in [1.165, 1.54) is 16.7 Å². The van der Waals surface area contributed by atoms with Gasteiger partial charge in [-0.1, -0.05) is 67.2 Å². The van der Waals surface area contributed by atoms with Crippen molar-refractivity contribution in [2.75, 3.05) is 33.4 Å². The number of para-hydroxylation sites is 1. The van der Waals surface area contributed by atoms with Crippen molar-refractivity contribution in [1.82, 2.24) is 19.0 Å². The Labute approximate surface area is 238 Å². The highest BCUT2D eigenvalue weighted by Crippen LogP contribution is 2.35. The smallest absolute Gasteiger partial charge is 0.266 e.